The number of carbonyl (C=O) groups excluding carboxylic acids is 2. The zero-order chi connectivity index (χ0) is 19.1. The number of benzene rings is 1. The number of carbonyl (C=O) groups is 2. The number of nitrogens with zero attached hydrogens (tertiary/aromatic N) is 2. The van der Waals surface area contributed by atoms with Crippen LogP contribution < -0.4 is 10.8 Å². The third-order valence-electron chi connectivity index (χ3n) is 4.48. The largest absolute Gasteiger partial charge is 0.367 e. The predicted octanol–water partition coefficient (Wildman–Crippen LogP) is 2.32. The van der Waals surface area contributed by atoms with Crippen molar-refractivity contribution in [2.24, 2.45) is 0 Å². The van der Waals surface area contributed by atoms with Gasteiger partial charge < -0.3 is 10.2 Å². The van der Waals surface area contributed by atoms with Gasteiger partial charge in [0, 0.05) is 37.0 Å². The van der Waals surface area contributed by atoms with E-state index in [1.54, 1.807) is 12.3 Å². The molecule has 27 heavy (non-hydrogen) atoms. The van der Waals surface area contributed by atoms with E-state index in [2.05, 4.69) is 10.3 Å². The van der Waals surface area contributed by atoms with Crippen LogP contribution in [0.15, 0.2) is 54.7 Å². The third-order valence-corrected chi connectivity index (χ3v) is 4.48. The molecule has 0 unspecified atom stereocenters. The molecular formula is C20H22N4O3. The van der Waals surface area contributed by atoms with Gasteiger partial charge in [-0.3, -0.25) is 14.8 Å². The molecule has 0 saturated carbocycles. The summed E-state index contributed by atoms with van der Waals surface area (Å²) in [6.45, 7) is 1.42. The van der Waals surface area contributed by atoms with Crippen LogP contribution in [0.1, 0.15) is 28.8 Å². The van der Waals surface area contributed by atoms with E-state index >= 15 is 0 Å². The van der Waals surface area contributed by atoms with Crippen molar-refractivity contribution in [3.8, 4) is 0 Å². The van der Waals surface area contributed by atoms with E-state index in [1.807, 2.05) is 47.4 Å². The Morgan fingerprint density at radius 3 is 2.48 bits per heavy atom. The second-order valence-electron chi connectivity index (χ2n) is 6.36. The average molecular weight is 366 g/mol. The van der Waals surface area contributed by atoms with Gasteiger partial charge in [-0.25, -0.2) is 10.5 Å². The number of piperidine rings is 1. The van der Waals surface area contributed by atoms with Gasteiger partial charge in [-0.2, -0.15) is 0 Å². The molecule has 1 aromatic carbocycles. The van der Waals surface area contributed by atoms with Crippen molar-refractivity contribution in [3.63, 3.8) is 0 Å². The van der Waals surface area contributed by atoms with Gasteiger partial charge in [0.2, 0.25) is 0 Å². The molecule has 0 radical (unpaired) electrons. The number of pyridine rings is 1. The molecule has 2 aromatic rings. The standard InChI is InChI=1S/C20H22N4O3/c25-19(23-27)9-7-15-6-8-18(21-14-15)22-17-10-12-24(13-11-17)20(26)16-4-2-1-3-5-16/h1-9,14,17,27H,10-13H2,(H,21,22)(H,23,25). The summed E-state index contributed by atoms with van der Waals surface area (Å²) >= 11 is 0. The van der Waals surface area contributed by atoms with Crippen LogP contribution in [0.25, 0.3) is 6.08 Å². The summed E-state index contributed by atoms with van der Waals surface area (Å²) in [5.74, 6) is 0.246. The van der Waals surface area contributed by atoms with E-state index < -0.39 is 5.91 Å². The highest BCUT2D eigenvalue weighted by Gasteiger charge is 2.23. The monoisotopic (exact) mass is 366 g/mol. The Kier molecular flexibility index (Phi) is 6.17. The van der Waals surface area contributed by atoms with Crippen LogP contribution in [0.4, 0.5) is 5.82 Å². The molecule has 1 fully saturated rings. The fourth-order valence-corrected chi connectivity index (χ4v) is 3.00. The Labute approximate surface area is 157 Å². The molecule has 3 rings (SSSR count). The number of aromatic nitrogens is 1. The fourth-order valence-electron chi connectivity index (χ4n) is 3.00. The maximum atomic E-state index is 12.5. The summed E-state index contributed by atoms with van der Waals surface area (Å²) < 4.78 is 0. The normalized spacial score (nSPS) is 14.9. The van der Waals surface area contributed by atoms with Crippen LogP contribution in [0, 0.1) is 0 Å². The van der Waals surface area contributed by atoms with Crippen LogP contribution in [0.3, 0.4) is 0 Å². The number of anilines is 1. The zero-order valence-electron chi connectivity index (χ0n) is 14.8. The maximum absolute atomic E-state index is 12.5. The number of likely N-dealkylation sites (tertiary alicyclic amines) is 1. The Bertz CT molecular complexity index is 798. The Morgan fingerprint density at radius 1 is 1.11 bits per heavy atom. The second kappa shape index (κ2) is 8.95. The van der Waals surface area contributed by atoms with Gasteiger partial charge in [0.1, 0.15) is 5.82 Å². The molecule has 0 aliphatic carbocycles. The first-order valence-corrected chi connectivity index (χ1v) is 8.85. The van der Waals surface area contributed by atoms with Gasteiger partial charge in [-0.05, 0) is 48.7 Å². The number of amides is 2. The van der Waals surface area contributed by atoms with Gasteiger partial charge in [-0.1, -0.05) is 18.2 Å². The lowest BCUT2D eigenvalue weighted by molar-refractivity contribution is -0.124. The zero-order valence-corrected chi connectivity index (χ0v) is 14.8. The number of hydrogen-bond donors (Lipinski definition) is 3. The molecule has 1 aromatic heterocycles. The van der Waals surface area contributed by atoms with Crippen molar-refractivity contribution in [1.82, 2.24) is 15.4 Å². The lowest BCUT2D eigenvalue weighted by Crippen LogP contribution is -2.42. The van der Waals surface area contributed by atoms with Crippen molar-refractivity contribution >= 4 is 23.7 Å². The summed E-state index contributed by atoms with van der Waals surface area (Å²) in [6.07, 6.45) is 6.16. The van der Waals surface area contributed by atoms with Gasteiger partial charge in [0.15, 0.2) is 0 Å². The summed E-state index contributed by atoms with van der Waals surface area (Å²) in [7, 11) is 0. The van der Waals surface area contributed by atoms with E-state index in [-0.39, 0.29) is 11.9 Å². The SMILES string of the molecule is O=C(C=Cc1ccc(NC2CCN(C(=O)c3ccccc3)CC2)nc1)NO. The lowest BCUT2D eigenvalue weighted by atomic mass is 10.0. The van der Waals surface area contributed by atoms with Crippen molar-refractivity contribution in [1.29, 1.82) is 0 Å². The average Bonchev–Trinajstić information content (AvgIpc) is 2.73. The van der Waals surface area contributed by atoms with Crippen LogP contribution >= 0.6 is 0 Å². The predicted molar refractivity (Wildman–Crippen MR) is 102 cm³/mol. The smallest absolute Gasteiger partial charge is 0.267 e. The molecule has 2 amide bonds. The van der Waals surface area contributed by atoms with E-state index in [4.69, 9.17) is 5.21 Å². The minimum Gasteiger partial charge on any atom is -0.367 e. The molecule has 1 aliphatic heterocycles. The Balaban J connectivity index is 1.50. The number of hydroxylamine groups is 1. The van der Waals surface area contributed by atoms with Crippen molar-refractivity contribution in [2.45, 2.75) is 18.9 Å². The van der Waals surface area contributed by atoms with Gasteiger partial charge >= 0.3 is 0 Å². The highest BCUT2D eigenvalue weighted by atomic mass is 16.5. The molecule has 2 heterocycles. The van der Waals surface area contributed by atoms with Crippen LogP contribution in [-0.4, -0.2) is 46.0 Å². The number of hydrogen-bond acceptors (Lipinski definition) is 5. The molecule has 140 valence electrons. The molecule has 3 N–H and O–H groups in total. The summed E-state index contributed by atoms with van der Waals surface area (Å²) in [5, 5.41) is 11.8. The molecule has 0 atom stereocenters. The molecule has 1 aliphatic rings. The highest BCUT2D eigenvalue weighted by Crippen LogP contribution is 2.17. The minimum absolute atomic E-state index is 0.0789. The third kappa shape index (κ3) is 5.15. The van der Waals surface area contributed by atoms with Crippen molar-refractivity contribution in [2.75, 3.05) is 18.4 Å². The van der Waals surface area contributed by atoms with Crippen LogP contribution in [-0.2, 0) is 4.79 Å². The molecule has 1 saturated heterocycles. The fraction of sp³-hybridized carbons (Fsp3) is 0.250. The Morgan fingerprint density at radius 2 is 1.85 bits per heavy atom. The summed E-state index contributed by atoms with van der Waals surface area (Å²) in [5.41, 5.74) is 3.02. The molecule has 7 heteroatoms. The lowest BCUT2D eigenvalue weighted by Gasteiger charge is -2.32. The second-order valence-corrected chi connectivity index (χ2v) is 6.36. The van der Waals surface area contributed by atoms with E-state index in [1.165, 1.54) is 11.6 Å². The van der Waals surface area contributed by atoms with Gasteiger partial charge in [0.25, 0.3) is 11.8 Å². The van der Waals surface area contributed by atoms with Crippen molar-refractivity contribution in [3.05, 3.63) is 65.9 Å². The first-order valence-electron chi connectivity index (χ1n) is 8.85. The van der Waals surface area contributed by atoms with Crippen LogP contribution in [0.5, 0.6) is 0 Å². The van der Waals surface area contributed by atoms with E-state index in [0.717, 1.165) is 29.8 Å². The Hall–Kier alpha value is -3.19. The molecule has 0 bridgehead atoms. The van der Waals surface area contributed by atoms with Gasteiger partial charge in [-0.15, -0.1) is 0 Å². The quantitative estimate of drug-likeness (QED) is 0.429. The maximum Gasteiger partial charge on any atom is 0.267 e. The first kappa shape index (κ1) is 18.6. The minimum atomic E-state index is -0.589. The van der Waals surface area contributed by atoms with E-state index in [9.17, 15) is 9.59 Å². The van der Waals surface area contributed by atoms with Crippen molar-refractivity contribution < 1.29 is 14.8 Å². The first-order chi connectivity index (χ1) is 13.2. The molecular weight excluding hydrogens is 344 g/mol. The van der Waals surface area contributed by atoms with Gasteiger partial charge in [0.05, 0.1) is 0 Å². The van der Waals surface area contributed by atoms with E-state index in [0.29, 0.717) is 13.1 Å². The number of rotatable bonds is 5. The highest BCUT2D eigenvalue weighted by molar-refractivity contribution is 5.94. The summed E-state index contributed by atoms with van der Waals surface area (Å²) in [4.78, 5) is 29.7. The molecule has 0 spiro atoms. The summed E-state index contributed by atoms with van der Waals surface area (Å²) in [6, 6.07) is 13.3. The topological polar surface area (TPSA) is 94.6 Å². The van der Waals surface area contributed by atoms with Crippen LogP contribution in [0.2, 0.25) is 0 Å². The number of nitrogens with one attached hydrogen (secondary N) is 2. The molecule has 7 nitrogen and oxygen atoms in total.